The lowest BCUT2D eigenvalue weighted by atomic mass is 10.0. The Balaban J connectivity index is 4.67. The van der Waals surface area contributed by atoms with Crippen LogP contribution in [-0.4, -0.2) is 42.9 Å². The van der Waals surface area contributed by atoms with Gasteiger partial charge >= 0.3 is 0 Å². The Morgan fingerprint density at radius 1 is 1.31 bits per heavy atom. The third kappa shape index (κ3) is 4.18. The van der Waals surface area contributed by atoms with E-state index in [9.17, 15) is 9.59 Å². The summed E-state index contributed by atoms with van der Waals surface area (Å²) in [4.78, 5) is 24.6. The van der Waals surface area contributed by atoms with Crippen molar-refractivity contribution in [3.63, 3.8) is 0 Å². The zero-order valence-corrected chi connectivity index (χ0v) is 10.8. The quantitative estimate of drug-likeness (QED) is 0.670. The van der Waals surface area contributed by atoms with E-state index in [4.69, 9.17) is 5.73 Å². The molecule has 2 amide bonds. The van der Waals surface area contributed by atoms with Crippen LogP contribution in [0.2, 0.25) is 0 Å². The number of nitrogens with zero attached hydrogens (tertiary/aromatic N) is 1. The van der Waals surface area contributed by atoms with Crippen molar-refractivity contribution in [2.75, 3.05) is 14.1 Å². The Labute approximate surface area is 97.4 Å². The molecule has 5 heteroatoms. The van der Waals surface area contributed by atoms with Gasteiger partial charge < -0.3 is 16.0 Å². The van der Waals surface area contributed by atoms with Crippen molar-refractivity contribution in [2.24, 2.45) is 11.7 Å². The molecular formula is C11H23N3O2. The number of hydrogen-bond donors (Lipinski definition) is 2. The summed E-state index contributed by atoms with van der Waals surface area (Å²) >= 11 is 0. The van der Waals surface area contributed by atoms with Crippen LogP contribution >= 0.6 is 0 Å². The highest BCUT2D eigenvalue weighted by Crippen LogP contribution is 2.11. The predicted molar refractivity (Wildman–Crippen MR) is 63.7 cm³/mol. The Bertz CT molecular complexity index is 254. The van der Waals surface area contributed by atoms with E-state index in [1.165, 1.54) is 4.90 Å². The van der Waals surface area contributed by atoms with Gasteiger partial charge in [0.05, 0.1) is 6.04 Å². The van der Waals surface area contributed by atoms with E-state index in [1.54, 1.807) is 21.0 Å². The van der Waals surface area contributed by atoms with Gasteiger partial charge in [0.25, 0.3) is 0 Å². The number of carbonyl (C=O) groups excluding carboxylic acids is 2. The lowest BCUT2D eigenvalue weighted by Gasteiger charge is -2.29. The van der Waals surface area contributed by atoms with Gasteiger partial charge in [-0.15, -0.1) is 0 Å². The second kappa shape index (κ2) is 6.48. The van der Waals surface area contributed by atoms with Gasteiger partial charge in [0.1, 0.15) is 6.04 Å². The maximum Gasteiger partial charge on any atom is 0.240 e. The first kappa shape index (κ1) is 14.9. The zero-order valence-electron chi connectivity index (χ0n) is 10.8. The highest BCUT2D eigenvalue weighted by atomic mass is 16.2. The van der Waals surface area contributed by atoms with Crippen LogP contribution in [0.3, 0.4) is 0 Å². The number of nitrogens with two attached hydrogens (primary N) is 1. The fourth-order valence-electron chi connectivity index (χ4n) is 1.49. The Morgan fingerprint density at radius 2 is 1.81 bits per heavy atom. The smallest absolute Gasteiger partial charge is 0.240 e. The van der Waals surface area contributed by atoms with Crippen LogP contribution in [0.1, 0.15) is 27.2 Å². The molecule has 0 spiro atoms. The lowest BCUT2D eigenvalue weighted by molar-refractivity contribution is -0.139. The third-order valence-electron chi connectivity index (χ3n) is 2.64. The van der Waals surface area contributed by atoms with Gasteiger partial charge in [0.2, 0.25) is 11.8 Å². The maximum absolute atomic E-state index is 11.9. The topological polar surface area (TPSA) is 75.4 Å². The second-order valence-corrected chi connectivity index (χ2v) is 4.51. The molecule has 0 radical (unpaired) electrons. The number of carbonyl (C=O) groups is 2. The predicted octanol–water partition coefficient (Wildman–Crippen LogP) is -0.0473. The molecule has 0 rings (SSSR count). The van der Waals surface area contributed by atoms with Crippen molar-refractivity contribution in [3.05, 3.63) is 0 Å². The summed E-state index contributed by atoms with van der Waals surface area (Å²) in [6, 6.07) is -0.831. The third-order valence-corrected chi connectivity index (χ3v) is 2.64. The molecule has 0 aliphatic carbocycles. The highest BCUT2D eigenvalue weighted by molar-refractivity contribution is 5.88. The van der Waals surface area contributed by atoms with Crippen LogP contribution in [0.5, 0.6) is 0 Å². The Kier molecular flexibility index (Phi) is 6.03. The molecule has 5 nitrogen and oxygen atoms in total. The number of likely N-dealkylation sites (N-methyl/N-ethyl adjacent to an activating group) is 2. The van der Waals surface area contributed by atoms with Crippen molar-refractivity contribution in [3.8, 4) is 0 Å². The van der Waals surface area contributed by atoms with E-state index in [0.29, 0.717) is 12.3 Å². The molecule has 0 aromatic heterocycles. The van der Waals surface area contributed by atoms with Crippen LogP contribution in [0, 0.1) is 5.92 Å². The number of rotatable bonds is 6. The summed E-state index contributed by atoms with van der Waals surface area (Å²) in [5.74, 6) is -0.252. The fraction of sp³-hybridized carbons (Fsp3) is 0.818. The molecule has 0 aliphatic heterocycles. The summed E-state index contributed by atoms with van der Waals surface area (Å²) in [6.45, 7) is 5.75. The molecule has 3 N–H and O–H groups in total. The minimum Gasteiger partial charge on any atom is -0.368 e. The lowest BCUT2D eigenvalue weighted by Crippen LogP contribution is -2.51. The molecule has 0 aliphatic rings. The molecule has 0 aromatic carbocycles. The maximum atomic E-state index is 11.9. The molecular weight excluding hydrogens is 206 g/mol. The van der Waals surface area contributed by atoms with E-state index in [2.05, 4.69) is 5.32 Å². The molecule has 1 unspecified atom stereocenters. The van der Waals surface area contributed by atoms with E-state index in [1.807, 2.05) is 13.8 Å². The number of hydrogen-bond acceptors (Lipinski definition) is 3. The van der Waals surface area contributed by atoms with Gasteiger partial charge in [-0.05, 0) is 26.3 Å². The van der Waals surface area contributed by atoms with Gasteiger partial charge in [-0.2, -0.15) is 0 Å². The number of primary amides is 1. The average Bonchev–Trinajstić information content (AvgIpc) is 2.22. The molecule has 0 aromatic rings. The summed E-state index contributed by atoms with van der Waals surface area (Å²) in [5.41, 5.74) is 5.31. The Morgan fingerprint density at radius 3 is 2.12 bits per heavy atom. The first-order chi connectivity index (χ1) is 7.31. The van der Waals surface area contributed by atoms with Crippen molar-refractivity contribution < 1.29 is 9.59 Å². The summed E-state index contributed by atoms with van der Waals surface area (Å²) in [7, 11) is 3.33. The fourth-order valence-corrected chi connectivity index (χ4v) is 1.49. The molecule has 94 valence electrons. The van der Waals surface area contributed by atoms with E-state index < -0.39 is 11.9 Å². The first-order valence-corrected chi connectivity index (χ1v) is 5.54. The van der Waals surface area contributed by atoms with Crippen LogP contribution in [0.25, 0.3) is 0 Å². The van der Waals surface area contributed by atoms with E-state index in [0.717, 1.165) is 0 Å². The summed E-state index contributed by atoms with van der Waals surface area (Å²) in [6.07, 6.45) is 0.591. The minimum absolute atomic E-state index is 0.119. The number of nitrogens with one attached hydrogen (secondary N) is 1. The zero-order chi connectivity index (χ0) is 12.9. The summed E-state index contributed by atoms with van der Waals surface area (Å²) < 4.78 is 0. The SMILES string of the molecule is CN[C@H](C)C(=O)N(C)C(CC(C)C)C(N)=O. The van der Waals surface area contributed by atoms with Gasteiger partial charge in [-0.25, -0.2) is 0 Å². The van der Waals surface area contributed by atoms with Crippen molar-refractivity contribution in [1.29, 1.82) is 0 Å². The molecule has 0 saturated carbocycles. The monoisotopic (exact) mass is 229 g/mol. The highest BCUT2D eigenvalue weighted by Gasteiger charge is 2.27. The summed E-state index contributed by atoms with van der Waals surface area (Å²) in [5, 5.41) is 2.85. The molecule has 2 atom stereocenters. The van der Waals surface area contributed by atoms with Crippen LogP contribution in [-0.2, 0) is 9.59 Å². The van der Waals surface area contributed by atoms with Crippen LogP contribution in [0.4, 0.5) is 0 Å². The molecule has 0 fully saturated rings. The largest absolute Gasteiger partial charge is 0.368 e. The van der Waals surface area contributed by atoms with Crippen molar-refractivity contribution in [2.45, 2.75) is 39.3 Å². The molecule has 0 saturated heterocycles. The second-order valence-electron chi connectivity index (χ2n) is 4.51. The van der Waals surface area contributed by atoms with Gasteiger partial charge in [0, 0.05) is 7.05 Å². The average molecular weight is 229 g/mol. The minimum atomic E-state index is -0.525. The van der Waals surface area contributed by atoms with Crippen LogP contribution < -0.4 is 11.1 Å². The van der Waals surface area contributed by atoms with E-state index >= 15 is 0 Å². The first-order valence-electron chi connectivity index (χ1n) is 5.54. The standard InChI is InChI=1S/C11H23N3O2/c1-7(2)6-9(10(12)15)14(5)11(16)8(3)13-4/h7-9,13H,6H2,1-5H3,(H2,12,15)/t8-,9?/m1/s1. The normalized spacial score (nSPS) is 14.6. The number of amides is 2. The van der Waals surface area contributed by atoms with Gasteiger partial charge in [-0.3, -0.25) is 9.59 Å². The van der Waals surface area contributed by atoms with Crippen molar-refractivity contribution in [1.82, 2.24) is 10.2 Å². The molecule has 0 bridgehead atoms. The molecule has 16 heavy (non-hydrogen) atoms. The van der Waals surface area contributed by atoms with E-state index in [-0.39, 0.29) is 11.9 Å². The molecule has 0 heterocycles. The van der Waals surface area contributed by atoms with Gasteiger partial charge in [-0.1, -0.05) is 13.8 Å². The van der Waals surface area contributed by atoms with Crippen LogP contribution in [0.15, 0.2) is 0 Å². The van der Waals surface area contributed by atoms with Gasteiger partial charge in [0.15, 0.2) is 0 Å². The Hall–Kier alpha value is -1.10. The van der Waals surface area contributed by atoms with Crippen molar-refractivity contribution >= 4 is 11.8 Å².